The molecule has 0 fully saturated rings. The quantitative estimate of drug-likeness (QED) is 0.380. The summed E-state index contributed by atoms with van der Waals surface area (Å²) >= 11 is 0. The molecule has 0 N–H and O–H groups in total. The zero-order chi connectivity index (χ0) is 17.2. The highest BCUT2D eigenvalue weighted by atomic mass is 16.6. The van der Waals surface area contributed by atoms with Crippen molar-refractivity contribution in [2.75, 3.05) is 0 Å². The van der Waals surface area contributed by atoms with Crippen LogP contribution in [0.5, 0.6) is 0 Å². The van der Waals surface area contributed by atoms with Crippen molar-refractivity contribution in [1.82, 2.24) is 4.98 Å². The van der Waals surface area contributed by atoms with E-state index in [4.69, 9.17) is 8.83 Å². The molecule has 0 aliphatic heterocycles. The summed E-state index contributed by atoms with van der Waals surface area (Å²) in [4.78, 5) is 15.2. The molecule has 0 bridgehead atoms. The Morgan fingerprint density at radius 3 is 1.96 bits per heavy atom. The van der Waals surface area contributed by atoms with Gasteiger partial charge in [0.25, 0.3) is 5.69 Å². The predicted octanol–water partition coefficient (Wildman–Crippen LogP) is 5.18. The summed E-state index contributed by atoms with van der Waals surface area (Å²) in [6.45, 7) is 0. The number of non-ortho nitro benzene ring substituents is 1. The van der Waals surface area contributed by atoms with Gasteiger partial charge in [-0.05, 0) is 47.5 Å². The minimum Gasteiger partial charge on any atom is -0.463 e. The average Bonchev–Trinajstić information content (AvgIpc) is 3.35. The van der Waals surface area contributed by atoms with E-state index >= 15 is 0 Å². The van der Waals surface area contributed by atoms with Gasteiger partial charge in [0.05, 0.1) is 17.4 Å². The standard InChI is InChI=1S/C19H12N2O4/c22-21(23)15-5-1-4-13(10-15)14-11-16(18-6-2-8-24-18)20-17(12-14)19-7-3-9-25-19/h1-12H. The number of furan rings is 2. The number of benzene rings is 1. The number of nitro groups is 1. The first-order valence-electron chi connectivity index (χ1n) is 7.55. The van der Waals surface area contributed by atoms with E-state index in [1.807, 2.05) is 30.3 Å². The molecule has 6 nitrogen and oxygen atoms in total. The zero-order valence-electron chi connectivity index (χ0n) is 13.0. The zero-order valence-corrected chi connectivity index (χ0v) is 13.0. The smallest absolute Gasteiger partial charge is 0.270 e. The maximum Gasteiger partial charge on any atom is 0.270 e. The Morgan fingerprint density at radius 1 is 0.800 bits per heavy atom. The lowest BCUT2D eigenvalue weighted by molar-refractivity contribution is -0.384. The fraction of sp³-hybridized carbons (Fsp3) is 0. The van der Waals surface area contributed by atoms with E-state index in [9.17, 15) is 10.1 Å². The normalized spacial score (nSPS) is 10.7. The van der Waals surface area contributed by atoms with E-state index in [0.717, 1.165) is 11.1 Å². The molecule has 25 heavy (non-hydrogen) atoms. The second-order valence-corrected chi connectivity index (χ2v) is 5.39. The highest BCUT2D eigenvalue weighted by Gasteiger charge is 2.13. The van der Waals surface area contributed by atoms with Gasteiger partial charge in [0.2, 0.25) is 0 Å². The Balaban J connectivity index is 1.90. The van der Waals surface area contributed by atoms with Crippen LogP contribution in [-0.4, -0.2) is 9.91 Å². The number of hydrogen-bond donors (Lipinski definition) is 0. The molecular formula is C19H12N2O4. The van der Waals surface area contributed by atoms with Gasteiger partial charge in [-0.15, -0.1) is 0 Å². The monoisotopic (exact) mass is 332 g/mol. The van der Waals surface area contributed by atoms with Crippen LogP contribution in [0.3, 0.4) is 0 Å². The Labute approximate surface area is 142 Å². The highest BCUT2D eigenvalue weighted by Crippen LogP contribution is 2.31. The van der Waals surface area contributed by atoms with E-state index in [-0.39, 0.29) is 5.69 Å². The van der Waals surface area contributed by atoms with Gasteiger partial charge in [0.15, 0.2) is 11.5 Å². The van der Waals surface area contributed by atoms with Gasteiger partial charge in [-0.3, -0.25) is 10.1 Å². The van der Waals surface area contributed by atoms with Crippen LogP contribution < -0.4 is 0 Å². The minimum atomic E-state index is -0.411. The van der Waals surface area contributed by atoms with Crippen molar-refractivity contribution >= 4 is 5.69 Å². The van der Waals surface area contributed by atoms with Gasteiger partial charge in [-0.1, -0.05) is 12.1 Å². The molecule has 3 aromatic heterocycles. The molecule has 4 rings (SSSR count). The third-order valence-electron chi connectivity index (χ3n) is 3.76. The van der Waals surface area contributed by atoms with Crippen LogP contribution in [0.25, 0.3) is 34.0 Å². The molecular weight excluding hydrogens is 320 g/mol. The van der Waals surface area contributed by atoms with Crippen molar-refractivity contribution in [3.8, 4) is 34.0 Å². The van der Waals surface area contributed by atoms with Crippen molar-refractivity contribution in [3.05, 3.63) is 83.3 Å². The van der Waals surface area contributed by atoms with Crippen molar-refractivity contribution < 1.29 is 13.8 Å². The lowest BCUT2D eigenvalue weighted by Gasteiger charge is -2.07. The van der Waals surface area contributed by atoms with Gasteiger partial charge in [0.1, 0.15) is 11.4 Å². The Morgan fingerprint density at radius 2 is 1.44 bits per heavy atom. The van der Waals surface area contributed by atoms with Crippen LogP contribution in [0.4, 0.5) is 5.69 Å². The molecule has 0 unspecified atom stereocenters. The van der Waals surface area contributed by atoms with E-state index in [1.54, 1.807) is 30.7 Å². The molecule has 3 heterocycles. The van der Waals surface area contributed by atoms with E-state index in [2.05, 4.69) is 4.98 Å². The van der Waals surface area contributed by atoms with Gasteiger partial charge in [0, 0.05) is 12.1 Å². The number of nitrogens with zero attached hydrogens (tertiary/aromatic N) is 2. The Bertz CT molecular complexity index is 969. The third-order valence-corrected chi connectivity index (χ3v) is 3.76. The largest absolute Gasteiger partial charge is 0.463 e. The maximum absolute atomic E-state index is 11.1. The van der Waals surface area contributed by atoms with E-state index in [1.165, 1.54) is 12.1 Å². The van der Waals surface area contributed by atoms with Gasteiger partial charge < -0.3 is 8.83 Å². The highest BCUT2D eigenvalue weighted by molar-refractivity contribution is 5.75. The van der Waals surface area contributed by atoms with Crippen molar-refractivity contribution in [2.45, 2.75) is 0 Å². The number of hydrogen-bond acceptors (Lipinski definition) is 5. The molecule has 0 saturated heterocycles. The first-order valence-corrected chi connectivity index (χ1v) is 7.55. The molecule has 0 atom stereocenters. The van der Waals surface area contributed by atoms with Crippen LogP contribution in [-0.2, 0) is 0 Å². The molecule has 122 valence electrons. The number of nitro benzene ring substituents is 1. The van der Waals surface area contributed by atoms with Crippen LogP contribution in [0.15, 0.2) is 82.0 Å². The molecule has 0 radical (unpaired) electrons. The molecule has 6 heteroatoms. The van der Waals surface area contributed by atoms with E-state index in [0.29, 0.717) is 22.9 Å². The Kier molecular flexibility index (Phi) is 3.63. The lowest BCUT2D eigenvalue weighted by atomic mass is 10.0. The van der Waals surface area contributed by atoms with Crippen LogP contribution >= 0.6 is 0 Å². The molecule has 1 aromatic carbocycles. The first-order chi connectivity index (χ1) is 12.2. The van der Waals surface area contributed by atoms with E-state index < -0.39 is 4.92 Å². The first kappa shape index (κ1) is 14.9. The summed E-state index contributed by atoms with van der Waals surface area (Å²) in [6.07, 6.45) is 3.15. The Hall–Kier alpha value is -3.67. The molecule has 0 saturated carbocycles. The third kappa shape index (κ3) is 2.92. The molecule has 0 spiro atoms. The SMILES string of the molecule is O=[N+]([O-])c1cccc(-c2cc(-c3ccco3)nc(-c3ccco3)c2)c1. The summed E-state index contributed by atoms with van der Waals surface area (Å²) in [5.74, 6) is 1.22. The minimum absolute atomic E-state index is 0.0356. The van der Waals surface area contributed by atoms with Crippen molar-refractivity contribution in [3.63, 3.8) is 0 Å². The van der Waals surface area contributed by atoms with Crippen molar-refractivity contribution in [1.29, 1.82) is 0 Å². The molecule has 0 amide bonds. The lowest BCUT2D eigenvalue weighted by Crippen LogP contribution is -1.91. The van der Waals surface area contributed by atoms with Gasteiger partial charge in [-0.2, -0.15) is 0 Å². The summed E-state index contributed by atoms with van der Waals surface area (Å²) in [6, 6.07) is 17.3. The molecule has 0 aliphatic carbocycles. The average molecular weight is 332 g/mol. The van der Waals surface area contributed by atoms with Crippen molar-refractivity contribution in [2.24, 2.45) is 0 Å². The number of rotatable bonds is 4. The van der Waals surface area contributed by atoms with Crippen LogP contribution in [0.1, 0.15) is 0 Å². The number of pyridine rings is 1. The fourth-order valence-corrected chi connectivity index (χ4v) is 2.60. The second kappa shape index (κ2) is 6.09. The molecule has 4 aromatic rings. The van der Waals surface area contributed by atoms with Crippen LogP contribution in [0, 0.1) is 10.1 Å². The second-order valence-electron chi connectivity index (χ2n) is 5.39. The van der Waals surface area contributed by atoms with Gasteiger partial charge in [-0.25, -0.2) is 4.98 Å². The predicted molar refractivity (Wildman–Crippen MR) is 91.7 cm³/mol. The maximum atomic E-state index is 11.1. The molecule has 0 aliphatic rings. The summed E-state index contributed by atoms with van der Waals surface area (Å²) < 4.78 is 10.9. The topological polar surface area (TPSA) is 82.3 Å². The van der Waals surface area contributed by atoms with Gasteiger partial charge >= 0.3 is 0 Å². The summed E-state index contributed by atoms with van der Waals surface area (Å²) in [5, 5.41) is 11.1. The van der Waals surface area contributed by atoms with Crippen LogP contribution in [0.2, 0.25) is 0 Å². The number of aromatic nitrogens is 1. The fourth-order valence-electron chi connectivity index (χ4n) is 2.60. The summed E-state index contributed by atoms with van der Waals surface area (Å²) in [7, 11) is 0. The summed E-state index contributed by atoms with van der Waals surface area (Å²) in [5.41, 5.74) is 2.79.